The van der Waals surface area contributed by atoms with E-state index in [0.717, 1.165) is 42.5 Å². The summed E-state index contributed by atoms with van der Waals surface area (Å²) in [6, 6.07) is 12.2. The molecule has 3 heterocycles. The van der Waals surface area contributed by atoms with E-state index in [2.05, 4.69) is 30.2 Å². The molecule has 1 aromatic heterocycles. The number of hydrogen-bond acceptors (Lipinski definition) is 6. The van der Waals surface area contributed by atoms with Crippen molar-refractivity contribution in [2.75, 3.05) is 52.3 Å². The highest BCUT2D eigenvalue weighted by Gasteiger charge is 2.32. The van der Waals surface area contributed by atoms with Crippen molar-refractivity contribution in [3.8, 4) is 0 Å². The molecule has 4 rings (SSSR count). The van der Waals surface area contributed by atoms with Gasteiger partial charge in [-0.05, 0) is 24.6 Å². The Morgan fingerprint density at radius 1 is 1.12 bits per heavy atom. The zero-order chi connectivity index (χ0) is 22.5. The Bertz CT molecular complexity index is 960. The van der Waals surface area contributed by atoms with Crippen LogP contribution in [0.1, 0.15) is 35.8 Å². The fourth-order valence-corrected chi connectivity index (χ4v) is 4.30. The van der Waals surface area contributed by atoms with Crippen LogP contribution in [0.3, 0.4) is 0 Å². The number of hydrogen-bond donors (Lipinski definition) is 0. The summed E-state index contributed by atoms with van der Waals surface area (Å²) in [4.78, 5) is 28.5. The van der Waals surface area contributed by atoms with Gasteiger partial charge in [-0.15, -0.1) is 0 Å². The van der Waals surface area contributed by atoms with Crippen LogP contribution >= 0.6 is 0 Å². The van der Waals surface area contributed by atoms with Crippen LogP contribution < -0.4 is 4.90 Å². The van der Waals surface area contributed by atoms with Gasteiger partial charge in [-0.2, -0.15) is 0 Å². The summed E-state index contributed by atoms with van der Waals surface area (Å²) in [6.45, 7) is 4.35. The summed E-state index contributed by atoms with van der Waals surface area (Å²) in [6.07, 6.45) is 3.75. The summed E-state index contributed by atoms with van der Waals surface area (Å²) in [5.41, 5.74) is 3.42. The Hall–Kier alpha value is -2.77. The lowest BCUT2D eigenvalue weighted by Gasteiger charge is -2.22. The predicted molar refractivity (Wildman–Crippen MR) is 125 cm³/mol. The second-order valence-corrected chi connectivity index (χ2v) is 9.00. The van der Waals surface area contributed by atoms with Crippen molar-refractivity contribution in [1.82, 2.24) is 19.8 Å². The minimum Gasteiger partial charge on any atom is -0.377 e. The molecule has 1 unspecified atom stereocenters. The average molecular weight is 436 g/mol. The zero-order valence-electron chi connectivity index (χ0n) is 19.3. The second kappa shape index (κ2) is 10.2. The fraction of sp³-hybridized carbons (Fsp3) is 0.480. The van der Waals surface area contributed by atoms with Gasteiger partial charge in [0.05, 0.1) is 25.5 Å². The molecule has 1 amide bonds. The predicted octanol–water partition coefficient (Wildman–Crippen LogP) is 2.84. The lowest BCUT2D eigenvalue weighted by atomic mass is 10.0. The number of carbonyl (C=O) groups excluding carboxylic acids is 1. The van der Waals surface area contributed by atoms with E-state index in [4.69, 9.17) is 14.7 Å². The lowest BCUT2D eigenvalue weighted by molar-refractivity contribution is -0.128. The highest BCUT2D eigenvalue weighted by Crippen LogP contribution is 2.30. The Kier molecular flexibility index (Phi) is 7.17. The van der Waals surface area contributed by atoms with Crippen LogP contribution in [0.25, 0.3) is 0 Å². The third kappa shape index (κ3) is 5.72. The van der Waals surface area contributed by atoms with Crippen LogP contribution in [0, 0.1) is 0 Å². The normalized spacial score (nSPS) is 18.9. The summed E-state index contributed by atoms with van der Waals surface area (Å²) in [5.74, 6) is 1.95. The number of ether oxygens (including phenoxy) is 1. The maximum Gasteiger partial charge on any atom is 0.223 e. The van der Waals surface area contributed by atoms with E-state index in [0.29, 0.717) is 32.7 Å². The quantitative estimate of drug-likeness (QED) is 0.595. The first-order valence-corrected chi connectivity index (χ1v) is 11.3. The maximum absolute atomic E-state index is 12.7. The van der Waals surface area contributed by atoms with E-state index in [1.807, 2.05) is 48.2 Å². The minimum absolute atomic E-state index is 0.0893. The molecule has 0 aliphatic carbocycles. The van der Waals surface area contributed by atoms with Crippen LogP contribution in [-0.2, 0) is 22.6 Å². The third-order valence-electron chi connectivity index (χ3n) is 5.95. The van der Waals surface area contributed by atoms with E-state index in [1.54, 1.807) is 0 Å². The molecule has 1 atom stereocenters. The van der Waals surface area contributed by atoms with Gasteiger partial charge in [0.15, 0.2) is 0 Å². The molecule has 2 aromatic rings. The molecule has 0 bridgehead atoms. The first-order chi connectivity index (χ1) is 15.5. The van der Waals surface area contributed by atoms with E-state index < -0.39 is 0 Å². The van der Waals surface area contributed by atoms with Crippen LogP contribution in [0.4, 0.5) is 5.82 Å². The number of anilines is 1. The van der Waals surface area contributed by atoms with Gasteiger partial charge in [-0.3, -0.25) is 9.69 Å². The van der Waals surface area contributed by atoms with Gasteiger partial charge in [0.25, 0.3) is 0 Å². The van der Waals surface area contributed by atoms with Crippen molar-refractivity contribution in [2.24, 2.45) is 0 Å². The van der Waals surface area contributed by atoms with Crippen LogP contribution in [0.15, 0.2) is 48.0 Å². The van der Waals surface area contributed by atoms with Crippen LogP contribution in [-0.4, -0.2) is 73.1 Å². The number of nitrogens with zero attached hydrogens (tertiary/aromatic N) is 5. The van der Waals surface area contributed by atoms with Crippen molar-refractivity contribution in [3.05, 3.63) is 65.1 Å². The Balaban J connectivity index is 1.47. The van der Waals surface area contributed by atoms with E-state index in [9.17, 15) is 4.79 Å². The lowest BCUT2D eigenvalue weighted by Crippen LogP contribution is -2.26. The molecule has 1 fully saturated rings. The van der Waals surface area contributed by atoms with Crippen molar-refractivity contribution in [2.45, 2.75) is 31.8 Å². The number of amides is 1. The molecule has 32 heavy (non-hydrogen) atoms. The van der Waals surface area contributed by atoms with Crippen molar-refractivity contribution in [3.63, 3.8) is 0 Å². The standard InChI is InChI=1S/C25H33N5O2/c1-28(2)24-13-22(21-12-25(31)30(16-21)15-19-8-5-4-6-9-19)26-23(27-24)17-29(3)14-20-10-7-11-32-18-20/h4-6,8-10,13,21H,7,11-12,14-18H2,1-3H3. The average Bonchev–Trinajstić information content (AvgIpc) is 3.15. The Morgan fingerprint density at radius 3 is 2.66 bits per heavy atom. The van der Waals surface area contributed by atoms with Gasteiger partial charge in [0.1, 0.15) is 11.6 Å². The molecule has 0 N–H and O–H groups in total. The SMILES string of the molecule is CN(CC1=CCCOC1)Cc1nc(C2CC(=O)N(Cc3ccccc3)C2)cc(N(C)C)n1. The molecule has 7 heteroatoms. The molecule has 7 nitrogen and oxygen atoms in total. The Labute approximate surface area is 190 Å². The fourth-order valence-electron chi connectivity index (χ4n) is 4.30. The number of likely N-dealkylation sites (N-methyl/N-ethyl adjacent to an activating group) is 1. The highest BCUT2D eigenvalue weighted by atomic mass is 16.5. The summed E-state index contributed by atoms with van der Waals surface area (Å²) in [7, 11) is 6.07. The molecular weight excluding hydrogens is 402 g/mol. The van der Waals surface area contributed by atoms with Crippen LogP contribution in [0.5, 0.6) is 0 Å². The molecule has 0 spiro atoms. The molecule has 1 saturated heterocycles. The maximum atomic E-state index is 12.7. The van der Waals surface area contributed by atoms with Crippen molar-refractivity contribution < 1.29 is 9.53 Å². The summed E-state index contributed by atoms with van der Waals surface area (Å²) in [5, 5.41) is 0. The van der Waals surface area contributed by atoms with Gasteiger partial charge in [0.2, 0.25) is 5.91 Å². The van der Waals surface area contributed by atoms with Gasteiger partial charge in [0, 0.05) is 52.1 Å². The molecule has 170 valence electrons. The van der Waals surface area contributed by atoms with Gasteiger partial charge >= 0.3 is 0 Å². The van der Waals surface area contributed by atoms with Gasteiger partial charge in [-0.1, -0.05) is 36.4 Å². The summed E-state index contributed by atoms with van der Waals surface area (Å²) < 4.78 is 5.56. The van der Waals surface area contributed by atoms with Gasteiger partial charge in [-0.25, -0.2) is 9.97 Å². The first-order valence-electron chi connectivity index (χ1n) is 11.3. The monoisotopic (exact) mass is 435 g/mol. The molecule has 0 radical (unpaired) electrons. The molecule has 2 aliphatic rings. The molecule has 0 saturated carbocycles. The number of aromatic nitrogens is 2. The summed E-state index contributed by atoms with van der Waals surface area (Å²) >= 11 is 0. The zero-order valence-corrected chi connectivity index (χ0v) is 19.3. The second-order valence-electron chi connectivity index (χ2n) is 9.00. The Morgan fingerprint density at radius 2 is 1.94 bits per heavy atom. The van der Waals surface area contributed by atoms with Gasteiger partial charge < -0.3 is 14.5 Å². The molecule has 2 aliphatic heterocycles. The number of rotatable bonds is 8. The highest BCUT2D eigenvalue weighted by molar-refractivity contribution is 5.79. The van der Waals surface area contributed by atoms with E-state index in [1.165, 1.54) is 5.57 Å². The topological polar surface area (TPSA) is 61.8 Å². The largest absolute Gasteiger partial charge is 0.377 e. The first kappa shape index (κ1) is 22.4. The molecule has 1 aromatic carbocycles. The van der Waals surface area contributed by atoms with E-state index in [-0.39, 0.29) is 11.8 Å². The van der Waals surface area contributed by atoms with Crippen LogP contribution in [0.2, 0.25) is 0 Å². The smallest absolute Gasteiger partial charge is 0.223 e. The number of carbonyl (C=O) groups is 1. The third-order valence-corrected chi connectivity index (χ3v) is 5.95. The number of benzene rings is 1. The minimum atomic E-state index is 0.0893. The van der Waals surface area contributed by atoms with E-state index >= 15 is 0 Å². The van der Waals surface area contributed by atoms with Crippen molar-refractivity contribution >= 4 is 11.7 Å². The number of likely N-dealkylation sites (tertiary alicyclic amines) is 1. The molecular formula is C25H33N5O2. The van der Waals surface area contributed by atoms with Crippen molar-refractivity contribution in [1.29, 1.82) is 0 Å².